The van der Waals surface area contributed by atoms with Crippen molar-refractivity contribution in [1.29, 1.82) is 0 Å². The Bertz CT molecular complexity index is 191. The van der Waals surface area contributed by atoms with Crippen molar-refractivity contribution in [3.05, 3.63) is 12.2 Å². The molecule has 0 saturated carbocycles. The first-order chi connectivity index (χ1) is 6.58. The van der Waals surface area contributed by atoms with Gasteiger partial charge in [0.2, 0.25) is 0 Å². The standard InChI is InChI=1S/C9H14F3NS/c10-9(11,12)14-7-6-13-8-4-2-1-3-5-8/h1-2,8,13H,3-7H2. The summed E-state index contributed by atoms with van der Waals surface area (Å²) in [6.45, 7) is 0.433. The Kier molecular flexibility index (Phi) is 4.81. The SMILES string of the molecule is FC(F)(F)SCCNC1CC=CCC1. The Morgan fingerprint density at radius 1 is 1.36 bits per heavy atom. The highest BCUT2D eigenvalue weighted by atomic mass is 32.2. The summed E-state index contributed by atoms with van der Waals surface area (Å²) in [5.41, 5.74) is -4.09. The van der Waals surface area contributed by atoms with E-state index in [4.69, 9.17) is 0 Å². The van der Waals surface area contributed by atoms with E-state index in [2.05, 4.69) is 17.5 Å². The van der Waals surface area contributed by atoms with Crippen LogP contribution < -0.4 is 5.32 Å². The highest BCUT2D eigenvalue weighted by Crippen LogP contribution is 2.29. The van der Waals surface area contributed by atoms with E-state index in [0.717, 1.165) is 19.3 Å². The van der Waals surface area contributed by atoms with E-state index in [1.165, 1.54) is 0 Å². The molecule has 82 valence electrons. The van der Waals surface area contributed by atoms with E-state index >= 15 is 0 Å². The first-order valence-electron chi connectivity index (χ1n) is 4.67. The van der Waals surface area contributed by atoms with Crippen LogP contribution in [0.3, 0.4) is 0 Å². The van der Waals surface area contributed by atoms with Gasteiger partial charge >= 0.3 is 5.51 Å². The second kappa shape index (κ2) is 5.66. The molecule has 1 nitrogen and oxygen atoms in total. The summed E-state index contributed by atoms with van der Waals surface area (Å²) in [5, 5.41) is 3.12. The average molecular weight is 225 g/mol. The third-order valence-corrected chi connectivity index (χ3v) is 2.81. The smallest absolute Gasteiger partial charge is 0.313 e. The van der Waals surface area contributed by atoms with Crippen molar-refractivity contribution in [3.63, 3.8) is 0 Å². The van der Waals surface area contributed by atoms with E-state index < -0.39 is 5.51 Å². The topological polar surface area (TPSA) is 12.0 Å². The number of hydrogen-bond acceptors (Lipinski definition) is 2. The Labute approximate surface area is 86.1 Å². The summed E-state index contributed by atoms with van der Waals surface area (Å²) >= 11 is 0.0416. The molecular weight excluding hydrogens is 211 g/mol. The van der Waals surface area contributed by atoms with Gasteiger partial charge < -0.3 is 5.32 Å². The molecule has 0 fully saturated rings. The van der Waals surface area contributed by atoms with Crippen molar-refractivity contribution >= 4 is 11.8 Å². The van der Waals surface area contributed by atoms with Crippen LogP contribution in [0.15, 0.2) is 12.2 Å². The van der Waals surface area contributed by atoms with Crippen molar-refractivity contribution in [2.24, 2.45) is 0 Å². The van der Waals surface area contributed by atoms with Gasteiger partial charge in [-0.05, 0) is 31.0 Å². The van der Waals surface area contributed by atoms with Gasteiger partial charge in [-0.2, -0.15) is 13.2 Å². The maximum Gasteiger partial charge on any atom is 0.441 e. The van der Waals surface area contributed by atoms with Crippen molar-refractivity contribution < 1.29 is 13.2 Å². The maximum absolute atomic E-state index is 11.7. The summed E-state index contributed by atoms with van der Waals surface area (Å²) < 4.78 is 35.2. The molecule has 1 rings (SSSR count). The number of alkyl halides is 3. The van der Waals surface area contributed by atoms with Gasteiger partial charge in [-0.1, -0.05) is 12.2 Å². The Hall–Kier alpha value is -0.160. The summed E-state index contributed by atoms with van der Waals surface area (Å²) in [7, 11) is 0. The first-order valence-corrected chi connectivity index (χ1v) is 5.65. The summed E-state index contributed by atoms with van der Waals surface area (Å²) in [6.07, 6.45) is 7.20. The lowest BCUT2D eigenvalue weighted by atomic mass is 10.0. The number of nitrogens with one attached hydrogen (secondary N) is 1. The zero-order valence-corrected chi connectivity index (χ0v) is 8.63. The van der Waals surface area contributed by atoms with Gasteiger partial charge in [-0.15, -0.1) is 0 Å². The molecule has 0 bridgehead atoms. The number of allylic oxidation sites excluding steroid dienone is 1. The highest BCUT2D eigenvalue weighted by Gasteiger charge is 2.27. The zero-order chi connectivity index (χ0) is 10.4. The van der Waals surface area contributed by atoms with Crippen molar-refractivity contribution in [3.8, 4) is 0 Å². The van der Waals surface area contributed by atoms with Crippen molar-refractivity contribution in [2.45, 2.75) is 30.8 Å². The molecule has 1 N–H and O–H groups in total. The number of hydrogen-bond donors (Lipinski definition) is 1. The van der Waals surface area contributed by atoms with Crippen LogP contribution in [-0.2, 0) is 0 Å². The highest BCUT2D eigenvalue weighted by molar-refractivity contribution is 8.00. The molecule has 0 aromatic rings. The largest absolute Gasteiger partial charge is 0.441 e. The minimum Gasteiger partial charge on any atom is -0.313 e. The number of thioether (sulfide) groups is 1. The second-order valence-electron chi connectivity index (χ2n) is 3.23. The molecular formula is C9H14F3NS. The molecule has 5 heteroatoms. The fourth-order valence-electron chi connectivity index (χ4n) is 1.41. The van der Waals surface area contributed by atoms with Crippen LogP contribution in [-0.4, -0.2) is 23.8 Å². The van der Waals surface area contributed by atoms with E-state index in [-0.39, 0.29) is 17.5 Å². The normalized spacial score (nSPS) is 22.6. The summed E-state index contributed by atoms with van der Waals surface area (Å²) in [4.78, 5) is 0. The van der Waals surface area contributed by atoms with Crippen LogP contribution in [0.5, 0.6) is 0 Å². The molecule has 0 spiro atoms. The van der Waals surface area contributed by atoms with Gasteiger partial charge in [-0.25, -0.2) is 0 Å². The van der Waals surface area contributed by atoms with Gasteiger partial charge in [0, 0.05) is 18.3 Å². The number of rotatable bonds is 4. The zero-order valence-electron chi connectivity index (χ0n) is 7.81. The summed E-state index contributed by atoms with van der Waals surface area (Å²) in [5.74, 6) is 0.101. The Morgan fingerprint density at radius 3 is 2.71 bits per heavy atom. The summed E-state index contributed by atoms with van der Waals surface area (Å²) in [6, 6.07) is 0.369. The van der Waals surface area contributed by atoms with Crippen molar-refractivity contribution in [2.75, 3.05) is 12.3 Å². The van der Waals surface area contributed by atoms with Gasteiger partial charge in [0.05, 0.1) is 0 Å². The maximum atomic E-state index is 11.7. The fraction of sp³-hybridized carbons (Fsp3) is 0.778. The third kappa shape index (κ3) is 5.54. The lowest BCUT2D eigenvalue weighted by molar-refractivity contribution is -0.0327. The predicted molar refractivity (Wildman–Crippen MR) is 53.3 cm³/mol. The van der Waals surface area contributed by atoms with Crippen LogP contribution in [0.2, 0.25) is 0 Å². The second-order valence-corrected chi connectivity index (χ2v) is 4.39. The molecule has 14 heavy (non-hydrogen) atoms. The Morgan fingerprint density at radius 2 is 2.14 bits per heavy atom. The molecule has 0 saturated heterocycles. The molecule has 0 amide bonds. The predicted octanol–water partition coefficient (Wildman–Crippen LogP) is 2.94. The molecule has 0 aliphatic heterocycles. The van der Waals surface area contributed by atoms with E-state index in [1.54, 1.807) is 0 Å². The van der Waals surface area contributed by atoms with Crippen molar-refractivity contribution in [1.82, 2.24) is 5.32 Å². The van der Waals surface area contributed by atoms with Crippen LogP contribution in [0.4, 0.5) is 13.2 Å². The van der Waals surface area contributed by atoms with E-state index in [9.17, 15) is 13.2 Å². The molecule has 1 aliphatic rings. The Balaban J connectivity index is 2.01. The molecule has 0 radical (unpaired) electrons. The van der Waals surface area contributed by atoms with Crippen LogP contribution in [0.1, 0.15) is 19.3 Å². The quantitative estimate of drug-likeness (QED) is 0.583. The molecule has 1 atom stereocenters. The fourth-order valence-corrected chi connectivity index (χ4v) is 1.86. The van der Waals surface area contributed by atoms with E-state index in [1.807, 2.05) is 0 Å². The number of halogens is 3. The molecule has 0 heterocycles. The van der Waals surface area contributed by atoms with Gasteiger partial charge in [0.25, 0.3) is 0 Å². The van der Waals surface area contributed by atoms with Gasteiger partial charge in [0.15, 0.2) is 0 Å². The van der Waals surface area contributed by atoms with Gasteiger partial charge in [-0.3, -0.25) is 0 Å². The molecule has 0 aromatic heterocycles. The lowest BCUT2D eigenvalue weighted by Crippen LogP contribution is -2.31. The monoisotopic (exact) mass is 225 g/mol. The van der Waals surface area contributed by atoms with Crippen LogP contribution >= 0.6 is 11.8 Å². The van der Waals surface area contributed by atoms with Gasteiger partial charge in [0.1, 0.15) is 0 Å². The minimum absolute atomic E-state index is 0.0416. The van der Waals surface area contributed by atoms with Crippen LogP contribution in [0.25, 0.3) is 0 Å². The molecule has 0 aromatic carbocycles. The third-order valence-electron chi connectivity index (χ3n) is 2.07. The lowest BCUT2D eigenvalue weighted by Gasteiger charge is -2.19. The molecule has 1 aliphatic carbocycles. The first kappa shape index (κ1) is 11.9. The molecule has 1 unspecified atom stereocenters. The minimum atomic E-state index is -4.09. The van der Waals surface area contributed by atoms with E-state index in [0.29, 0.717) is 12.6 Å². The average Bonchev–Trinajstić information content (AvgIpc) is 2.13. The van der Waals surface area contributed by atoms with Crippen LogP contribution in [0, 0.1) is 0 Å².